The van der Waals surface area contributed by atoms with E-state index in [2.05, 4.69) is 18.7 Å². The standard InChI is InChI=1S/C10H18O2.C8H7NO2.C6H6/c1-4-5-6-7-8-12-10(11)9(2)3;10-8(6-9-11)7-4-2-1-3-5-7;1-2-4-6-5-3-1/h2,4-8H2,1,3H3;1-6,11H;1-6H. The van der Waals surface area contributed by atoms with Gasteiger partial charge in [-0.25, -0.2) is 4.79 Å². The molecule has 0 fully saturated rings. The third-order valence-electron chi connectivity index (χ3n) is 3.48. The summed E-state index contributed by atoms with van der Waals surface area (Å²) in [6, 6.07) is 20.6. The van der Waals surface area contributed by atoms with Crippen LogP contribution in [0.4, 0.5) is 0 Å². The fourth-order valence-electron chi connectivity index (χ4n) is 1.93. The quantitative estimate of drug-likeness (QED) is 0.118. The van der Waals surface area contributed by atoms with Gasteiger partial charge in [0.25, 0.3) is 0 Å². The van der Waals surface area contributed by atoms with Crippen LogP contribution in [-0.4, -0.2) is 29.8 Å². The summed E-state index contributed by atoms with van der Waals surface area (Å²) in [5, 5.41) is 10.7. The Morgan fingerprint density at radius 2 is 1.48 bits per heavy atom. The minimum absolute atomic E-state index is 0.272. The minimum Gasteiger partial charge on any atom is -0.462 e. The molecule has 0 spiro atoms. The van der Waals surface area contributed by atoms with Crippen LogP contribution >= 0.6 is 0 Å². The molecule has 0 unspecified atom stereocenters. The zero-order valence-corrected chi connectivity index (χ0v) is 17.3. The molecule has 0 heterocycles. The van der Waals surface area contributed by atoms with Crippen molar-refractivity contribution < 1.29 is 19.5 Å². The first-order chi connectivity index (χ1) is 14.0. The number of carbonyl (C=O) groups is 2. The van der Waals surface area contributed by atoms with Gasteiger partial charge >= 0.3 is 5.97 Å². The van der Waals surface area contributed by atoms with E-state index in [4.69, 9.17) is 9.94 Å². The molecule has 0 bridgehead atoms. The molecule has 5 nitrogen and oxygen atoms in total. The van der Waals surface area contributed by atoms with E-state index in [1.54, 1.807) is 31.2 Å². The van der Waals surface area contributed by atoms with Crippen molar-refractivity contribution >= 4 is 18.0 Å². The second kappa shape index (κ2) is 18.2. The number of ether oxygens (including phenoxy) is 1. The number of Topliss-reactive ketones (excluding diaryl/α,β-unsaturated/α-hetero) is 1. The van der Waals surface area contributed by atoms with Crippen LogP contribution in [0.15, 0.2) is 84.0 Å². The lowest BCUT2D eigenvalue weighted by molar-refractivity contribution is -0.139. The minimum atomic E-state index is -0.298. The first kappa shape index (κ1) is 25.8. The van der Waals surface area contributed by atoms with E-state index in [9.17, 15) is 9.59 Å². The van der Waals surface area contributed by atoms with Crippen molar-refractivity contribution in [2.45, 2.75) is 39.5 Å². The van der Waals surface area contributed by atoms with Crippen molar-refractivity contribution in [1.29, 1.82) is 0 Å². The SMILES string of the molecule is C=C(C)C(=O)OCCCCCC.O=C(C=NO)c1ccccc1.c1ccccc1. The number of rotatable bonds is 8. The van der Waals surface area contributed by atoms with Crippen LogP contribution in [0.1, 0.15) is 49.9 Å². The summed E-state index contributed by atoms with van der Waals surface area (Å²) in [4.78, 5) is 21.8. The van der Waals surface area contributed by atoms with Crippen LogP contribution in [0, 0.1) is 0 Å². The van der Waals surface area contributed by atoms with Gasteiger partial charge in [0.15, 0.2) is 0 Å². The van der Waals surface area contributed by atoms with E-state index in [0.29, 0.717) is 17.7 Å². The molecule has 0 aliphatic carbocycles. The molecule has 0 saturated heterocycles. The second-order valence-corrected chi connectivity index (χ2v) is 6.11. The first-order valence-electron chi connectivity index (χ1n) is 9.62. The van der Waals surface area contributed by atoms with E-state index in [0.717, 1.165) is 19.1 Å². The van der Waals surface area contributed by atoms with Gasteiger partial charge in [0, 0.05) is 11.1 Å². The van der Waals surface area contributed by atoms with Crippen LogP contribution in [0.25, 0.3) is 0 Å². The van der Waals surface area contributed by atoms with Crippen molar-refractivity contribution in [2.24, 2.45) is 5.16 Å². The maximum Gasteiger partial charge on any atom is 0.333 e. The van der Waals surface area contributed by atoms with Gasteiger partial charge in [-0.2, -0.15) is 0 Å². The van der Waals surface area contributed by atoms with Crippen LogP contribution in [-0.2, 0) is 9.53 Å². The molecule has 0 saturated carbocycles. The van der Waals surface area contributed by atoms with Crippen LogP contribution < -0.4 is 0 Å². The van der Waals surface area contributed by atoms with Gasteiger partial charge in [-0.15, -0.1) is 0 Å². The highest BCUT2D eigenvalue weighted by atomic mass is 16.5. The fraction of sp³-hybridized carbons (Fsp3) is 0.292. The van der Waals surface area contributed by atoms with Gasteiger partial charge in [-0.3, -0.25) is 4.79 Å². The number of hydrogen-bond donors (Lipinski definition) is 1. The number of esters is 1. The van der Waals surface area contributed by atoms with Crippen LogP contribution in [0.2, 0.25) is 0 Å². The average Bonchev–Trinajstić information content (AvgIpc) is 2.76. The van der Waals surface area contributed by atoms with Gasteiger partial charge in [0.1, 0.15) is 6.21 Å². The molecule has 0 aliphatic heterocycles. The Morgan fingerprint density at radius 3 is 1.93 bits per heavy atom. The number of benzene rings is 2. The highest BCUT2D eigenvalue weighted by Crippen LogP contribution is 2.00. The number of carbonyl (C=O) groups excluding carboxylic acids is 2. The molecule has 29 heavy (non-hydrogen) atoms. The van der Waals surface area contributed by atoms with Crippen molar-refractivity contribution in [3.8, 4) is 0 Å². The third kappa shape index (κ3) is 15.5. The number of ketones is 1. The Labute approximate surface area is 173 Å². The van der Waals surface area contributed by atoms with Gasteiger partial charge in [0.05, 0.1) is 6.61 Å². The molecule has 0 amide bonds. The van der Waals surface area contributed by atoms with Gasteiger partial charge < -0.3 is 9.94 Å². The summed E-state index contributed by atoms with van der Waals surface area (Å²) in [6.45, 7) is 7.84. The van der Waals surface area contributed by atoms with E-state index in [1.165, 1.54) is 12.8 Å². The third-order valence-corrected chi connectivity index (χ3v) is 3.48. The summed E-state index contributed by atoms with van der Waals surface area (Å²) >= 11 is 0. The highest BCUT2D eigenvalue weighted by Gasteiger charge is 2.01. The topological polar surface area (TPSA) is 76.0 Å². The normalized spacial score (nSPS) is 9.45. The lowest BCUT2D eigenvalue weighted by Gasteiger charge is -2.02. The lowest BCUT2D eigenvalue weighted by Crippen LogP contribution is -2.05. The van der Waals surface area contributed by atoms with Crippen molar-refractivity contribution in [3.63, 3.8) is 0 Å². The summed E-state index contributed by atoms with van der Waals surface area (Å²) < 4.78 is 4.91. The molecular weight excluding hydrogens is 366 g/mol. The zero-order valence-electron chi connectivity index (χ0n) is 17.3. The van der Waals surface area contributed by atoms with Crippen molar-refractivity contribution in [3.05, 3.63) is 84.4 Å². The van der Waals surface area contributed by atoms with Gasteiger partial charge in [-0.1, -0.05) is 105 Å². The molecule has 0 aliphatic rings. The lowest BCUT2D eigenvalue weighted by atomic mass is 10.1. The Balaban J connectivity index is 0.000000425. The largest absolute Gasteiger partial charge is 0.462 e. The summed E-state index contributed by atoms with van der Waals surface area (Å²) in [5.41, 5.74) is 0.996. The van der Waals surface area contributed by atoms with Crippen molar-refractivity contribution in [2.75, 3.05) is 6.61 Å². The van der Waals surface area contributed by atoms with Gasteiger partial charge in [-0.05, 0) is 13.3 Å². The zero-order chi connectivity index (χ0) is 21.7. The number of nitrogens with zero attached hydrogens (tertiary/aromatic N) is 1. The maximum atomic E-state index is 10.9. The fourth-order valence-corrected chi connectivity index (χ4v) is 1.93. The predicted molar refractivity (Wildman–Crippen MR) is 117 cm³/mol. The smallest absolute Gasteiger partial charge is 0.333 e. The van der Waals surface area contributed by atoms with E-state index < -0.39 is 0 Å². The molecule has 1 N–H and O–H groups in total. The molecule has 0 atom stereocenters. The Bertz CT molecular complexity index is 685. The summed E-state index contributed by atoms with van der Waals surface area (Å²) in [6.07, 6.45) is 5.39. The van der Waals surface area contributed by atoms with Crippen molar-refractivity contribution in [1.82, 2.24) is 0 Å². The Morgan fingerprint density at radius 1 is 0.966 bits per heavy atom. The van der Waals surface area contributed by atoms with E-state index in [-0.39, 0.29) is 11.8 Å². The molecule has 2 aromatic carbocycles. The van der Waals surface area contributed by atoms with Crippen LogP contribution in [0.3, 0.4) is 0 Å². The monoisotopic (exact) mass is 397 g/mol. The first-order valence-corrected chi connectivity index (χ1v) is 9.62. The van der Waals surface area contributed by atoms with E-state index in [1.807, 2.05) is 42.5 Å². The maximum absolute atomic E-state index is 10.9. The van der Waals surface area contributed by atoms with E-state index >= 15 is 0 Å². The average molecular weight is 398 g/mol. The molecule has 0 aromatic heterocycles. The summed E-state index contributed by atoms with van der Waals surface area (Å²) in [7, 11) is 0. The molecule has 0 radical (unpaired) electrons. The molecule has 2 aromatic rings. The highest BCUT2D eigenvalue weighted by molar-refractivity contribution is 6.35. The number of oxime groups is 1. The Kier molecular flexibility index (Phi) is 16.2. The molecule has 156 valence electrons. The number of unbranched alkanes of at least 4 members (excludes halogenated alkanes) is 3. The van der Waals surface area contributed by atoms with Crippen LogP contribution in [0.5, 0.6) is 0 Å². The molecular formula is C24H31NO4. The summed E-state index contributed by atoms with van der Waals surface area (Å²) in [5.74, 6) is -0.570. The predicted octanol–water partition coefficient (Wildman–Crippen LogP) is 5.70. The Hall–Kier alpha value is -3.21. The molecule has 2 rings (SSSR count). The second-order valence-electron chi connectivity index (χ2n) is 6.11. The number of hydrogen-bond acceptors (Lipinski definition) is 5. The van der Waals surface area contributed by atoms with Gasteiger partial charge in [0.2, 0.25) is 5.78 Å². The molecule has 5 heteroatoms.